The average Bonchev–Trinajstić information content (AvgIpc) is 2.63. The van der Waals surface area contributed by atoms with E-state index in [9.17, 15) is 36.6 Å². The zero-order chi connectivity index (χ0) is 23.0. The fraction of sp³-hybridized carbons (Fsp3) is 0.333. The predicted octanol–water partition coefficient (Wildman–Crippen LogP) is 5.57. The smallest absolute Gasteiger partial charge is 0.384 e. The van der Waals surface area contributed by atoms with Gasteiger partial charge in [-0.25, -0.2) is 0 Å². The van der Waals surface area contributed by atoms with E-state index < -0.39 is 57.7 Å². The Bertz CT molecular complexity index is 874. The zero-order valence-electron chi connectivity index (χ0n) is 14.3. The van der Waals surface area contributed by atoms with Crippen LogP contribution in [0.1, 0.15) is 11.1 Å². The van der Waals surface area contributed by atoms with Crippen LogP contribution in [-0.2, 0) is 5.41 Å². The molecule has 0 bridgehead atoms. The number of phenols is 2. The van der Waals surface area contributed by atoms with Crippen LogP contribution in [-0.4, -0.2) is 39.8 Å². The minimum absolute atomic E-state index is 0.222. The van der Waals surface area contributed by atoms with Gasteiger partial charge in [-0.05, 0) is 35.4 Å². The maximum atomic E-state index is 15.0. The summed E-state index contributed by atoms with van der Waals surface area (Å²) in [5.41, 5.74) is -8.18. The van der Waals surface area contributed by atoms with Crippen LogP contribution in [0, 0.1) is 0 Å². The second kappa shape index (κ2) is 5.94. The lowest BCUT2D eigenvalue weighted by molar-refractivity contribution is -0.465. The van der Waals surface area contributed by atoms with Crippen molar-refractivity contribution in [1.82, 2.24) is 0 Å². The number of phenolic OH excluding ortho intramolecular Hbond substituents is 2. The highest BCUT2D eigenvalue weighted by Crippen LogP contribution is 2.73. The number of alkyl halides is 10. The van der Waals surface area contributed by atoms with Crippen molar-refractivity contribution in [2.24, 2.45) is 0 Å². The van der Waals surface area contributed by atoms with Gasteiger partial charge in [0.25, 0.3) is 0 Å². The van der Waals surface area contributed by atoms with Crippen LogP contribution in [0.3, 0.4) is 0 Å². The van der Waals surface area contributed by atoms with E-state index in [0.717, 1.165) is 0 Å². The quantitative estimate of drug-likeness (QED) is 0.590. The second-order valence-electron chi connectivity index (χ2n) is 6.72. The van der Waals surface area contributed by atoms with E-state index in [1.807, 2.05) is 0 Å². The van der Waals surface area contributed by atoms with Crippen LogP contribution in [0.4, 0.5) is 43.9 Å². The monoisotopic (exact) mass is 448 g/mol. The van der Waals surface area contributed by atoms with Gasteiger partial charge in [0.15, 0.2) is 5.41 Å². The van der Waals surface area contributed by atoms with E-state index in [1.54, 1.807) is 0 Å². The van der Waals surface area contributed by atoms with Gasteiger partial charge < -0.3 is 10.2 Å². The topological polar surface area (TPSA) is 40.5 Å². The Labute approximate surface area is 161 Å². The SMILES string of the molecule is Oc1ccc(C2(c3ccc(O)cc3)C(F)(F)C(F)(F)C(F)(F)C(F)(F)C2(F)F)cc1. The van der Waals surface area contributed by atoms with Crippen molar-refractivity contribution in [3.63, 3.8) is 0 Å². The third kappa shape index (κ3) is 2.16. The molecule has 1 aliphatic carbocycles. The van der Waals surface area contributed by atoms with Crippen LogP contribution in [0.25, 0.3) is 0 Å². The molecule has 0 heterocycles. The maximum absolute atomic E-state index is 15.0. The number of hydrogen-bond donors (Lipinski definition) is 2. The van der Waals surface area contributed by atoms with E-state index >= 15 is 17.6 Å². The molecule has 1 fully saturated rings. The lowest BCUT2D eigenvalue weighted by Crippen LogP contribution is -2.83. The minimum atomic E-state index is -7.12. The molecule has 1 saturated carbocycles. The highest BCUT2D eigenvalue weighted by atomic mass is 19.4. The fourth-order valence-electron chi connectivity index (χ4n) is 3.57. The Kier molecular flexibility index (Phi) is 4.37. The van der Waals surface area contributed by atoms with E-state index in [2.05, 4.69) is 0 Å². The van der Waals surface area contributed by atoms with Gasteiger partial charge in [0.2, 0.25) is 0 Å². The van der Waals surface area contributed by atoms with Gasteiger partial charge in [-0.2, -0.15) is 43.9 Å². The molecule has 2 nitrogen and oxygen atoms in total. The Balaban J connectivity index is 2.57. The van der Waals surface area contributed by atoms with Gasteiger partial charge in [-0.15, -0.1) is 0 Å². The van der Waals surface area contributed by atoms with Gasteiger partial charge in [0.1, 0.15) is 11.5 Å². The molecule has 0 unspecified atom stereocenters. The highest BCUT2D eigenvalue weighted by Gasteiger charge is 3.00. The Hall–Kier alpha value is -2.66. The number of hydrogen-bond acceptors (Lipinski definition) is 2. The third-order valence-electron chi connectivity index (χ3n) is 5.12. The van der Waals surface area contributed by atoms with Crippen molar-refractivity contribution in [2.45, 2.75) is 35.0 Å². The summed E-state index contributed by atoms with van der Waals surface area (Å²) in [7, 11) is 0. The van der Waals surface area contributed by atoms with Crippen LogP contribution in [0.5, 0.6) is 11.5 Å². The largest absolute Gasteiger partial charge is 0.508 e. The molecule has 0 saturated heterocycles. The second-order valence-corrected chi connectivity index (χ2v) is 6.72. The molecule has 2 N–H and O–H groups in total. The third-order valence-corrected chi connectivity index (χ3v) is 5.12. The molecular formula is C18H10F10O2. The number of rotatable bonds is 2. The summed E-state index contributed by atoms with van der Waals surface area (Å²) in [4.78, 5) is 0. The number of benzene rings is 2. The summed E-state index contributed by atoms with van der Waals surface area (Å²) in [6, 6.07) is 2.75. The summed E-state index contributed by atoms with van der Waals surface area (Å²) in [6.07, 6.45) is 0. The van der Waals surface area contributed by atoms with Crippen molar-refractivity contribution < 1.29 is 54.1 Å². The lowest BCUT2D eigenvalue weighted by atomic mass is 9.57. The maximum Gasteiger partial charge on any atom is 0.384 e. The fourth-order valence-corrected chi connectivity index (χ4v) is 3.57. The molecule has 2 aromatic rings. The molecule has 0 radical (unpaired) electrons. The first-order valence-corrected chi connectivity index (χ1v) is 7.98. The van der Waals surface area contributed by atoms with E-state index in [0.29, 0.717) is 24.3 Å². The Morgan fingerprint density at radius 1 is 0.400 bits per heavy atom. The van der Waals surface area contributed by atoms with Gasteiger partial charge in [-0.3, -0.25) is 0 Å². The molecule has 0 amide bonds. The molecule has 0 aliphatic heterocycles. The molecule has 3 rings (SSSR count). The molecule has 0 atom stereocenters. The number of halogens is 10. The first kappa shape index (κ1) is 22.0. The Morgan fingerprint density at radius 3 is 0.900 bits per heavy atom. The summed E-state index contributed by atoms with van der Waals surface area (Å²) in [5, 5.41) is 18.5. The minimum Gasteiger partial charge on any atom is -0.508 e. The summed E-state index contributed by atoms with van der Waals surface area (Å²) in [5.74, 6) is -35.4. The normalized spacial score (nSPS) is 24.9. The van der Waals surface area contributed by atoms with E-state index in [-0.39, 0.29) is 24.3 Å². The van der Waals surface area contributed by atoms with Gasteiger partial charge >= 0.3 is 29.6 Å². The van der Waals surface area contributed by atoms with Crippen molar-refractivity contribution in [2.75, 3.05) is 0 Å². The van der Waals surface area contributed by atoms with Crippen molar-refractivity contribution in [1.29, 1.82) is 0 Å². The molecule has 1 aliphatic rings. The van der Waals surface area contributed by atoms with Crippen LogP contribution in [0.2, 0.25) is 0 Å². The predicted molar refractivity (Wildman–Crippen MR) is 81.7 cm³/mol. The van der Waals surface area contributed by atoms with E-state index in [4.69, 9.17) is 0 Å². The standard InChI is InChI=1S/C18H10F10O2/c19-14(20)13(9-1-5-11(29)6-2-9,10-3-7-12(30)8-4-10)15(21,22)17(25,26)18(27,28)16(14,23)24/h1-8,29-30H. The van der Waals surface area contributed by atoms with Crippen LogP contribution >= 0.6 is 0 Å². The molecule has 30 heavy (non-hydrogen) atoms. The zero-order valence-corrected chi connectivity index (χ0v) is 14.3. The molecule has 12 heteroatoms. The van der Waals surface area contributed by atoms with Crippen LogP contribution in [0.15, 0.2) is 48.5 Å². The molecule has 164 valence electrons. The van der Waals surface area contributed by atoms with Crippen molar-refractivity contribution in [3.8, 4) is 11.5 Å². The summed E-state index contributed by atoms with van der Waals surface area (Å²) < 4.78 is 144. The summed E-state index contributed by atoms with van der Waals surface area (Å²) in [6.45, 7) is 0. The lowest BCUT2D eigenvalue weighted by Gasteiger charge is -2.56. The van der Waals surface area contributed by atoms with Crippen molar-refractivity contribution in [3.05, 3.63) is 59.7 Å². The first-order valence-electron chi connectivity index (χ1n) is 7.98. The highest BCUT2D eigenvalue weighted by molar-refractivity contribution is 5.52. The van der Waals surface area contributed by atoms with Gasteiger partial charge in [0, 0.05) is 0 Å². The molecular weight excluding hydrogens is 438 g/mol. The van der Waals surface area contributed by atoms with Gasteiger partial charge in [-0.1, -0.05) is 24.3 Å². The molecule has 0 spiro atoms. The van der Waals surface area contributed by atoms with Crippen LogP contribution < -0.4 is 0 Å². The van der Waals surface area contributed by atoms with Crippen molar-refractivity contribution >= 4 is 0 Å². The Morgan fingerprint density at radius 2 is 0.633 bits per heavy atom. The first-order chi connectivity index (χ1) is 13.5. The molecule has 0 aromatic heterocycles. The average molecular weight is 448 g/mol. The number of aromatic hydroxyl groups is 2. The van der Waals surface area contributed by atoms with E-state index in [1.165, 1.54) is 0 Å². The summed E-state index contributed by atoms with van der Waals surface area (Å²) >= 11 is 0. The van der Waals surface area contributed by atoms with Gasteiger partial charge in [0.05, 0.1) is 0 Å². The molecule has 2 aromatic carbocycles.